The molecule has 2 aromatic carbocycles. The summed E-state index contributed by atoms with van der Waals surface area (Å²) in [5, 5.41) is 12.7. The number of hydrogen-bond acceptors (Lipinski definition) is 4. The number of hydrogen-bond donors (Lipinski definition) is 4. The normalized spacial score (nSPS) is 11.6. The average molecular weight is 311 g/mol. The Hall–Kier alpha value is -3.28. The number of aromatic amines is 1. The molecule has 0 aliphatic rings. The fourth-order valence-electron chi connectivity index (χ4n) is 2.19. The van der Waals surface area contributed by atoms with Crippen molar-refractivity contribution in [2.45, 2.75) is 0 Å². The predicted octanol–water partition coefficient (Wildman–Crippen LogP) is 2.74. The SMILES string of the molecule is N/C(=C\Nc1ccc(O)cc1)c1cc2cc(F)ccc2[nH]c1=O. The molecule has 0 aliphatic carbocycles. The van der Waals surface area contributed by atoms with Crippen LogP contribution in [0.3, 0.4) is 0 Å². The number of aromatic nitrogens is 1. The number of aromatic hydroxyl groups is 1. The molecule has 0 bridgehead atoms. The van der Waals surface area contributed by atoms with Gasteiger partial charge >= 0.3 is 0 Å². The summed E-state index contributed by atoms with van der Waals surface area (Å²) in [7, 11) is 0. The molecular weight excluding hydrogens is 297 g/mol. The molecule has 0 amide bonds. The quantitative estimate of drug-likeness (QED) is 0.560. The largest absolute Gasteiger partial charge is 0.508 e. The van der Waals surface area contributed by atoms with Gasteiger partial charge < -0.3 is 21.1 Å². The number of nitrogens with one attached hydrogen (secondary N) is 2. The Morgan fingerprint density at radius 1 is 1.17 bits per heavy atom. The number of nitrogens with two attached hydrogens (primary N) is 1. The summed E-state index contributed by atoms with van der Waals surface area (Å²) in [4.78, 5) is 14.8. The Bertz CT molecular complexity index is 946. The highest BCUT2D eigenvalue weighted by Crippen LogP contribution is 2.17. The van der Waals surface area contributed by atoms with Gasteiger partial charge in [-0.05, 0) is 48.5 Å². The van der Waals surface area contributed by atoms with E-state index in [0.717, 1.165) is 0 Å². The van der Waals surface area contributed by atoms with E-state index in [4.69, 9.17) is 5.73 Å². The van der Waals surface area contributed by atoms with E-state index in [9.17, 15) is 14.3 Å². The highest BCUT2D eigenvalue weighted by atomic mass is 19.1. The zero-order chi connectivity index (χ0) is 16.4. The number of phenols is 1. The van der Waals surface area contributed by atoms with Crippen molar-refractivity contribution in [3.05, 3.63) is 76.5 Å². The molecule has 1 heterocycles. The van der Waals surface area contributed by atoms with Gasteiger partial charge in [0.05, 0.1) is 11.3 Å². The fourth-order valence-corrected chi connectivity index (χ4v) is 2.19. The molecule has 5 nitrogen and oxygen atoms in total. The Labute approximate surface area is 130 Å². The van der Waals surface area contributed by atoms with Crippen LogP contribution in [0.4, 0.5) is 10.1 Å². The van der Waals surface area contributed by atoms with Crippen molar-refractivity contribution in [3.63, 3.8) is 0 Å². The first-order valence-electron chi connectivity index (χ1n) is 6.87. The number of rotatable bonds is 3. The third-order valence-electron chi connectivity index (χ3n) is 3.38. The van der Waals surface area contributed by atoms with E-state index < -0.39 is 0 Å². The van der Waals surface area contributed by atoms with Crippen LogP contribution in [0.25, 0.3) is 16.6 Å². The van der Waals surface area contributed by atoms with E-state index in [2.05, 4.69) is 10.3 Å². The number of fused-ring (bicyclic) bond motifs is 1. The molecule has 0 fully saturated rings. The Kier molecular flexibility index (Phi) is 3.72. The zero-order valence-electron chi connectivity index (χ0n) is 12.0. The van der Waals surface area contributed by atoms with E-state index in [1.807, 2.05) is 0 Å². The van der Waals surface area contributed by atoms with Gasteiger partial charge in [-0.1, -0.05) is 0 Å². The van der Waals surface area contributed by atoms with Gasteiger partial charge in [0.25, 0.3) is 5.56 Å². The number of phenolic OH excluding ortho intramolecular Hbond substituents is 1. The van der Waals surface area contributed by atoms with Gasteiger partial charge in [-0.2, -0.15) is 0 Å². The topological polar surface area (TPSA) is 91.1 Å². The maximum Gasteiger partial charge on any atom is 0.257 e. The second kappa shape index (κ2) is 5.84. The van der Waals surface area contributed by atoms with Crippen LogP contribution in [0.5, 0.6) is 5.75 Å². The van der Waals surface area contributed by atoms with E-state index in [1.165, 1.54) is 36.5 Å². The maximum atomic E-state index is 13.3. The zero-order valence-corrected chi connectivity index (χ0v) is 12.0. The highest BCUT2D eigenvalue weighted by molar-refractivity contribution is 5.82. The maximum absolute atomic E-state index is 13.3. The van der Waals surface area contributed by atoms with Crippen molar-refractivity contribution in [2.75, 3.05) is 5.32 Å². The van der Waals surface area contributed by atoms with E-state index >= 15 is 0 Å². The van der Waals surface area contributed by atoms with Crippen molar-refractivity contribution in [2.24, 2.45) is 5.73 Å². The molecule has 3 aromatic rings. The lowest BCUT2D eigenvalue weighted by Gasteiger charge is -2.06. The van der Waals surface area contributed by atoms with Crippen LogP contribution >= 0.6 is 0 Å². The Balaban J connectivity index is 1.94. The van der Waals surface area contributed by atoms with Gasteiger partial charge in [-0.3, -0.25) is 4.79 Å². The molecule has 23 heavy (non-hydrogen) atoms. The smallest absolute Gasteiger partial charge is 0.257 e. The first kappa shape index (κ1) is 14.6. The standard InChI is InChI=1S/C17H14FN3O2/c18-11-1-6-16-10(7-11)8-14(17(23)21-16)15(19)9-20-12-2-4-13(22)5-3-12/h1-9,20,22H,19H2,(H,21,23)/b15-9-. The van der Waals surface area contributed by atoms with Crippen molar-refractivity contribution >= 4 is 22.3 Å². The Morgan fingerprint density at radius 2 is 1.91 bits per heavy atom. The third kappa shape index (κ3) is 3.16. The van der Waals surface area contributed by atoms with Crippen molar-refractivity contribution < 1.29 is 9.50 Å². The predicted molar refractivity (Wildman–Crippen MR) is 88.4 cm³/mol. The lowest BCUT2D eigenvalue weighted by molar-refractivity contribution is 0.475. The summed E-state index contributed by atoms with van der Waals surface area (Å²) in [6, 6.07) is 12.0. The second-order valence-electron chi connectivity index (χ2n) is 5.03. The summed E-state index contributed by atoms with van der Waals surface area (Å²) in [6.07, 6.45) is 1.47. The molecular formula is C17H14FN3O2. The minimum absolute atomic E-state index is 0.153. The van der Waals surface area contributed by atoms with Crippen LogP contribution in [-0.2, 0) is 0 Å². The average Bonchev–Trinajstić information content (AvgIpc) is 2.54. The van der Waals surface area contributed by atoms with Gasteiger partial charge in [-0.15, -0.1) is 0 Å². The summed E-state index contributed by atoms with van der Waals surface area (Å²) >= 11 is 0. The van der Waals surface area contributed by atoms with Crippen LogP contribution in [0.1, 0.15) is 5.56 Å². The first-order chi connectivity index (χ1) is 11.0. The van der Waals surface area contributed by atoms with Crippen molar-refractivity contribution in [3.8, 4) is 5.75 Å². The number of anilines is 1. The van der Waals surface area contributed by atoms with E-state index in [0.29, 0.717) is 16.6 Å². The van der Waals surface area contributed by atoms with Gasteiger partial charge in [0.1, 0.15) is 11.6 Å². The second-order valence-corrected chi connectivity index (χ2v) is 5.03. The van der Waals surface area contributed by atoms with E-state index in [-0.39, 0.29) is 28.4 Å². The van der Waals surface area contributed by atoms with Gasteiger partial charge in [0.2, 0.25) is 0 Å². The molecule has 0 atom stereocenters. The summed E-state index contributed by atoms with van der Waals surface area (Å²) < 4.78 is 13.3. The lowest BCUT2D eigenvalue weighted by Crippen LogP contribution is -2.15. The molecule has 0 saturated heterocycles. The van der Waals surface area contributed by atoms with Crippen LogP contribution in [0.2, 0.25) is 0 Å². The van der Waals surface area contributed by atoms with Crippen LogP contribution in [0, 0.1) is 5.82 Å². The van der Waals surface area contributed by atoms with Crippen LogP contribution in [-0.4, -0.2) is 10.1 Å². The Morgan fingerprint density at radius 3 is 2.65 bits per heavy atom. The molecule has 5 N–H and O–H groups in total. The minimum Gasteiger partial charge on any atom is -0.508 e. The van der Waals surface area contributed by atoms with Gasteiger partial charge in [0, 0.05) is 22.8 Å². The molecule has 116 valence electrons. The molecule has 0 unspecified atom stereocenters. The monoisotopic (exact) mass is 311 g/mol. The van der Waals surface area contributed by atoms with Gasteiger partial charge in [-0.25, -0.2) is 4.39 Å². The summed E-state index contributed by atoms with van der Waals surface area (Å²) in [5.41, 5.74) is 7.28. The number of pyridine rings is 1. The highest BCUT2D eigenvalue weighted by Gasteiger charge is 2.06. The van der Waals surface area contributed by atoms with Crippen LogP contribution in [0.15, 0.2) is 59.5 Å². The molecule has 6 heteroatoms. The van der Waals surface area contributed by atoms with Gasteiger partial charge in [0.15, 0.2) is 0 Å². The minimum atomic E-state index is -0.389. The fraction of sp³-hybridized carbons (Fsp3) is 0. The number of H-pyrrole nitrogens is 1. The number of halogens is 1. The first-order valence-corrected chi connectivity index (χ1v) is 6.87. The molecule has 0 radical (unpaired) electrons. The molecule has 3 rings (SSSR count). The molecule has 0 saturated carbocycles. The van der Waals surface area contributed by atoms with Crippen molar-refractivity contribution in [1.82, 2.24) is 4.98 Å². The summed E-state index contributed by atoms with van der Waals surface area (Å²) in [5.74, 6) is -0.235. The molecule has 0 spiro atoms. The van der Waals surface area contributed by atoms with Crippen LogP contribution < -0.4 is 16.6 Å². The van der Waals surface area contributed by atoms with Crippen molar-refractivity contribution in [1.29, 1.82) is 0 Å². The van der Waals surface area contributed by atoms with E-state index in [1.54, 1.807) is 18.2 Å². The summed E-state index contributed by atoms with van der Waals surface area (Å²) in [6.45, 7) is 0. The third-order valence-corrected chi connectivity index (χ3v) is 3.38. The molecule has 1 aromatic heterocycles. The lowest BCUT2D eigenvalue weighted by atomic mass is 10.1. The molecule has 0 aliphatic heterocycles. The number of benzene rings is 2.